The number of halogens is 1. The van der Waals surface area contributed by atoms with Gasteiger partial charge in [-0.25, -0.2) is 8.42 Å². The van der Waals surface area contributed by atoms with Gasteiger partial charge in [0.2, 0.25) is 10.0 Å². The van der Waals surface area contributed by atoms with Gasteiger partial charge in [0.1, 0.15) is 16.7 Å². The smallest absolute Gasteiger partial charge is 0.254 e. The molecule has 0 saturated carbocycles. The third kappa shape index (κ3) is 4.77. The second kappa shape index (κ2) is 9.76. The molecule has 0 spiro atoms. The first kappa shape index (κ1) is 23.0. The average molecular weight is 481 g/mol. The predicted molar refractivity (Wildman–Crippen MR) is 119 cm³/mol. The Kier molecular flexibility index (Phi) is 7.02. The zero-order valence-corrected chi connectivity index (χ0v) is 19.3. The first-order valence-corrected chi connectivity index (χ1v) is 12.1. The van der Waals surface area contributed by atoms with Crippen LogP contribution in [0, 0.1) is 0 Å². The van der Waals surface area contributed by atoms with Gasteiger partial charge in [-0.05, 0) is 35.9 Å². The molecular formula is C22H25ClN2O6S. The number of carbonyl (C=O) groups excluding carboxylic acids is 1. The Morgan fingerprint density at radius 3 is 2.47 bits per heavy atom. The number of sulfonamides is 1. The van der Waals surface area contributed by atoms with Crippen LogP contribution >= 0.6 is 11.6 Å². The van der Waals surface area contributed by atoms with E-state index in [9.17, 15) is 13.2 Å². The van der Waals surface area contributed by atoms with Crippen molar-refractivity contribution in [3.8, 4) is 5.75 Å². The summed E-state index contributed by atoms with van der Waals surface area (Å²) in [5, 5.41) is 0.629. The van der Waals surface area contributed by atoms with E-state index in [1.165, 1.54) is 23.5 Å². The van der Waals surface area contributed by atoms with Gasteiger partial charge in [0.15, 0.2) is 0 Å². The minimum Gasteiger partial charge on any atom is -0.495 e. The quantitative estimate of drug-likeness (QED) is 0.654. The third-order valence-corrected chi connectivity index (χ3v) is 7.77. The summed E-state index contributed by atoms with van der Waals surface area (Å²) in [5.74, 6) is -0.0533. The molecule has 2 aliphatic heterocycles. The summed E-state index contributed by atoms with van der Waals surface area (Å²) < 4.78 is 44.2. The molecule has 1 unspecified atom stereocenters. The van der Waals surface area contributed by atoms with Crippen molar-refractivity contribution in [3.63, 3.8) is 0 Å². The molecule has 2 saturated heterocycles. The minimum atomic E-state index is -3.83. The molecule has 2 aromatic rings. The number of methoxy groups -OCH3 is 1. The molecule has 1 amide bonds. The third-order valence-electron chi connectivity index (χ3n) is 5.59. The van der Waals surface area contributed by atoms with Gasteiger partial charge in [-0.2, -0.15) is 4.31 Å². The molecule has 4 rings (SSSR count). The standard InChI is InChI=1S/C22H25ClN2O6S/c1-29-19-7-4-17(14-21(19)32(27,28)25-9-11-30-12-10-25)22(26)24-8-13-31-20(15-24)16-2-5-18(23)6-3-16/h2-7,14,20H,8-13,15H2,1H3. The van der Waals surface area contributed by atoms with Crippen molar-refractivity contribution in [1.29, 1.82) is 0 Å². The molecule has 10 heteroatoms. The van der Waals surface area contributed by atoms with Crippen molar-refractivity contribution < 1.29 is 27.4 Å². The molecule has 0 bridgehead atoms. The number of morpholine rings is 2. The van der Waals surface area contributed by atoms with Crippen LogP contribution in [0.5, 0.6) is 5.75 Å². The fourth-order valence-electron chi connectivity index (χ4n) is 3.83. The van der Waals surface area contributed by atoms with Crippen LogP contribution in [0.25, 0.3) is 0 Å². The highest BCUT2D eigenvalue weighted by molar-refractivity contribution is 7.89. The summed E-state index contributed by atoms with van der Waals surface area (Å²) >= 11 is 5.97. The van der Waals surface area contributed by atoms with Crippen molar-refractivity contribution in [3.05, 3.63) is 58.6 Å². The number of hydrogen-bond acceptors (Lipinski definition) is 6. The van der Waals surface area contributed by atoms with Crippen LogP contribution in [0.1, 0.15) is 22.0 Å². The fourth-order valence-corrected chi connectivity index (χ4v) is 5.55. The largest absolute Gasteiger partial charge is 0.495 e. The Morgan fingerprint density at radius 1 is 1.06 bits per heavy atom. The Balaban J connectivity index is 1.58. The number of benzene rings is 2. The van der Waals surface area contributed by atoms with Crippen LogP contribution < -0.4 is 4.74 Å². The van der Waals surface area contributed by atoms with E-state index in [4.69, 9.17) is 25.8 Å². The lowest BCUT2D eigenvalue weighted by Crippen LogP contribution is -2.42. The molecule has 2 fully saturated rings. The highest BCUT2D eigenvalue weighted by Crippen LogP contribution is 2.30. The van der Waals surface area contributed by atoms with Gasteiger partial charge < -0.3 is 19.1 Å². The SMILES string of the molecule is COc1ccc(C(=O)N2CCOC(c3ccc(Cl)cc3)C2)cc1S(=O)(=O)N1CCOCC1. The summed E-state index contributed by atoms with van der Waals surface area (Å²) in [6, 6.07) is 11.8. The van der Waals surface area contributed by atoms with E-state index in [0.29, 0.717) is 37.9 Å². The van der Waals surface area contributed by atoms with Crippen LogP contribution in [-0.4, -0.2) is 76.6 Å². The van der Waals surface area contributed by atoms with Crippen molar-refractivity contribution in [2.75, 3.05) is 53.1 Å². The van der Waals surface area contributed by atoms with Gasteiger partial charge in [0.05, 0.1) is 33.5 Å². The van der Waals surface area contributed by atoms with E-state index in [1.807, 2.05) is 12.1 Å². The minimum absolute atomic E-state index is 0.0183. The monoisotopic (exact) mass is 480 g/mol. The summed E-state index contributed by atoms with van der Waals surface area (Å²) in [4.78, 5) is 14.9. The van der Waals surface area contributed by atoms with E-state index < -0.39 is 10.0 Å². The second-order valence-corrected chi connectivity index (χ2v) is 9.89. The lowest BCUT2D eigenvalue weighted by Gasteiger charge is -2.33. The Hall–Kier alpha value is -2.17. The number of nitrogens with zero attached hydrogens (tertiary/aromatic N) is 2. The van der Waals surface area contributed by atoms with Crippen LogP contribution in [0.15, 0.2) is 47.4 Å². The number of ether oxygens (including phenoxy) is 3. The number of amides is 1. The summed E-state index contributed by atoms with van der Waals surface area (Å²) in [6.45, 7) is 2.35. The van der Waals surface area contributed by atoms with Gasteiger partial charge in [-0.1, -0.05) is 23.7 Å². The Bertz CT molecular complexity index is 1070. The molecule has 0 N–H and O–H groups in total. The maximum Gasteiger partial charge on any atom is 0.254 e. The average Bonchev–Trinajstić information content (AvgIpc) is 2.84. The van der Waals surface area contributed by atoms with Crippen molar-refractivity contribution in [1.82, 2.24) is 9.21 Å². The van der Waals surface area contributed by atoms with Gasteiger partial charge >= 0.3 is 0 Å². The first-order chi connectivity index (χ1) is 15.4. The maximum absolute atomic E-state index is 13.3. The van der Waals surface area contributed by atoms with Crippen LogP contribution in [0.2, 0.25) is 5.02 Å². The molecule has 0 radical (unpaired) electrons. The summed E-state index contributed by atoms with van der Waals surface area (Å²) in [6.07, 6.45) is -0.278. The van der Waals surface area contributed by atoms with Crippen molar-refractivity contribution in [2.24, 2.45) is 0 Å². The van der Waals surface area contributed by atoms with Crippen LogP contribution in [0.4, 0.5) is 0 Å². The lowest BCUT2D eigenvalue weighted by atomic mass is 10.1. The molecule has 2 aliphatic rings. The van der Waals surface area contributed by atoms with E-state index in [2.05, 4.69) is 0 Å². The van der Waals surface area contributed by atoms with Gasteiger partial charge in [0.25, 0.3) is 5.91 Å². The molecule has 2 heterocycles. The number of hydrogen-bond donors (Lipinski definition) is 0. The topological polar surface area (TPSA) is 85.4 Å². The molecule has 0 aromatic heterocycles. The van der Waals surface area contributed by atoms with E-state index in [-0.39, 0.29) is 41.3 Å². The normalized spacial score (nSPS) is 20.2. The molecule has 2 aromatic carbocycles. The van der Waals surface area contributed by atoms with E-state index >= 15 is 0 Å². The van der Waals surface area contributed by atoms with Crippen molar-refractivity contribution >= 4 is 27.5 Å². The predicted octanol–water partition coefficient (Wildman–Crippen LogP) is 2.58. The van der Waals surface area contributed by atoms with Gasteiger partial charge in [-0.3, -0.25) is 4.79 Å². The number of rotatable bonds is 5. The highest BCUT2D eigenvalue weighted by Gasteiger charge is 2.32. The molecule has 172 valence electrons. The summed E-state index contributed by atoms with van der Waals surface area (Å²) in [5.41, 5.74) is 1.21. The van der Waals surface area contributed by atoms with Gasteiger partial charge in [0, 0.05) is 30.2 Å². The molecule has 0 aliphatic carbocycles. The maximum atomic E-state index is 13.3. The second-order valence-electron chi connectivity index (χ2n) is 7.54. The molecule has 32 heavy (non-hydrogen) atoms. The Morgan fingerprint density at radius 2 is 1.78 bits per heavy atom. The Labute approximate surface area is 192 Å². The lowest BCUT2D eigenvalue weighted by molar-refractivity contribution is -0.0228. The van der Waals surface area contributed by atoms with Gasteiger partial charge in [-0.15, -0.1) is 0 Å². The zero-order chi connectivity index (χ0) is 22.7. The molecule has 1 atom stereocenters. The van der Waals surface area contributed by atoms with Crippen molar-refractivity contribution in [2.45, 2.75) is 11.0 Å². The van der Waals surface area contributed by atoms with Crippen LogP contribution in [0.3, 0.4) is 0 Å². The van der Waals surface area contributed by atoms with Crippen LogP contribution in [-0.2, 0) is 19.5 Å². The number of carbonyl (C=O) groups is 1. The molecule has 8 nitrogen and oxygen atoms in total. The summed E-state index contributed by atoms with van der Waals surface area (Å²) in [7, 11) is -2.42. The highest BCUT2D eigenvalue weighted by atomic mass is 35.5. The molecular weight excluding hydrogens is 456 g/mol. The van der Waals surface area contributed by atoms with E-state index in [0.717, 1.165) is 5.56 Å². The fraction of sp³-hybridized carbons (Fsp3) is 0.409. The van der Waals surface area contributed by atoms with E-state index in [1.54, 1.807) is 23.1 Å². The first-order valence-electron chi connectivity index (χ1n) is 10.3. The zero-order valence-electron chi connectivity index (χ0n) is 17.7.